The van der Waals surface area contributed by atoms with Crippen molar-refractivity contribution in [1.29, 1.82) is 0 Å². The number of nitrogen functional groups attached to an aromatic ring is 1. The fraction of sp³-hybridized carbons (Fsp3) is 0.250. The van der Waals surface area contributed by atoms with E-state index in [9.17, 15) is 4.39 Å². The number of rotatable bonds is 2. The second kappa shape index (κ2) is 4.08. The van der Waals surface area contributed by atoms with Crippen molar-refractivity contribution >= 4 is 5.82 Å². The molecule has 5 heteroatoms. The molecule has 0 bridgehead atoms. The van der Waals surface area contributed by atoms with Gasteiger partial charge in [-0.05, 0) is 18.6 Å². The number of nitrogens with zero attached hydrogens (tertiary/aromatic N) is 2. The van der Waals surface area contributed by atoms with E-state index in [4.69, 9.17) is 10.5 Å². The van der Waals surface area contributed by atoms with Crippen molar-refractivity contribution in [2.24, 2.45) is 7.05 Å². The summed E-state index contributed by atoms with van der Waals surface area (Å²) in [5.74, 6) is 0.276. The molecule has 0 spiro atoms. The third-order valence-electron chi connectivity index (χ3n) is 2.78. The number of nitrogens with two attached hydrogens (primary N) is 1. The molecule has 0 aliphatic rings. The van der Waals surface area contributed by atoms with Crippen LogP contribution in [0.4, 0.5) is 10.2 Å². The molecule has 0 radical (unpaired) electrons. The fourth-order valence-corrected chi connectivity index (χ4v) is 1.83. The largest absolute Gasteiger partial charge is 0.493 e. The highest BCUT2D eigenvalue weighted by molar-refractivity contribution is 5.81. The molecular weight excluding hydrogens is 221 g/mol. The van der Waals surface area contributed by atoms with Crippen molar-refractivity contribution in [3.8, 4) is 16.9 Å². The quantitative estimate of drug-likeness (QED) is 0.867. The fourth-order valence-electron chi connectivity index (χ4n) is 1.83. The van der Waals surface area contributed by atoms with Gasteiger partial charge in [0.2, 0.25) is 0 Å². The van der Waals surface area contributed by atoms with Gasteiger partial charge in [-0.3, -0.25) is 4.68 Å². The third-order valence-corrected chi connectivity index (χ3v) is 2.78. The van der Waals surface area contributed by atoms with E-state index in [0.717, 1.165) is 5.56 Å². The van der Waals surface area contributed by atoms with Crippen LogP contribution in [-0.2, 0) is 7.05 Å². The zero-order valence-electron chi connectivity index (χ0n) is 9.99. The Morgan fingerprint density at radius 3 is 2.65 bits per heavy atom. The van der Waals surface area contributed by atoms with Gasteiger partial charge in [0.1, 0.15) is 5.82 Å². The van der Waals surface area contributed by atoms with Gasteiger partial charge in [0, 0.05) is 18.2 Å². The van der Waals surface area contributed by atoms with Crippen molar-refractivity contribution in [1.82, 2.24) is 9.78 Å². The first-order valence-corrected chi connectivity index (χ1v) is 5.17. The minimum absolute atomic E-state index is 0.199. The second-order valence-corrected chi connectivity index (χ2v) is 3.84. The first-order chi connectivity index (χ1) is 8.06. The van der Waals surface area contributed by atoms with Gasteiger partial charge in [-0.2, -0.15) is 5.10 Å². The number of benzene rings is 1. The van der Waals surface area contributed by atoms with E-state index in [-0.39, 0.29) is 5.75 Å². The number of anilines is 1. The molecule has 4 nitrogen and oxygen atoms in total. The maximum Gasteiger partial charge on any atom is 0.165 e. The average Bonchev–Trinajstić information content (AvgIpc) is 2.63. The molecule has 0 fully saturated rings. The molecule has 0 amide bonds. The van der Waals surface area contributed by atoms with Crippen molar-refractivity contribution in [2.75, 3.05) is 12.8 Å². The molecule has 0 aliphatic carbocycles. The predicted molar refractivity (Wildman–Crippen MR) is 64.3 cm³/mol. The molecule has 2 N–H and O–H groups in total. The van der Waals surface area contributed by atoms with Gasteiger partial charge in [-0.15, -0.1) is 0 Å². The lowest BCUT2D eigenvalue weighted by Gasteiger charge is -2.11. The summed E-state index contributed by atoms with van der Waals surface area (Å²) >= 11 is 0. The number of hydrogen-bond acceptors (Lipinski definition) is 3. The maximum atomic E-state index is 13.7. The summed E-state index contributed by atoms with van der Waals surface area (Å²) in [4.78, 5) is 0. The first kappa shape index (κ1) is 11.4. The van der Waals surface area contributed by atoms with Crippen LogP contribution < -0.4 is 10.5 Å². The highest BCUT2D eigenvalue weighted by atomic mass is 19.1. The molecular formula is C12H14FN3O. The SMILES string of the molecule is COc1c(F)ccc(C)c1-c1cnn(C)c1N. The lowest BCUT2D eigenvalue weighted by molar-refractivity contribution is 0.388. The van der Waals surface area contributed by atoms with E-state index in [1.54, 1.807) is 24.0 Å². The van der Waals surface area contributed by atoms with Crippen molar-refractivity contribution < 1.29 is 9.13 Å². The highest BCUT2D eigenvalue weighted by Crippen LogP contribution is 2.37. The summed E-state index contributed by atoms with van der Waals surface area (Å²) in [7, 11) is 3.17. The minimum atomic E-state index is -0.406. The number of ether oxygens (including phenoxy) is 1. The highest BCUT2D eigenvalue weighted by Gasteiger charge is 2.18. The van der Waals surface area contributed by atoms with Crippen LogP contribution in [0, 0.1) is 12.7 Å². The zero-order valence-corrected chi connectivity index (χ0v) is 9.99. The summed E-state index contributed by atoms with van der Waals surface area (Å²) in [6.07, 6.45) is 1.61. The van der Waals surface area contributed by atoms with Gasteiger partial charge < -0.3 is 10.5 Å². The molecule has 1 aromatic carbocycles. The topological polar surface area (TPSA) is 53.1 Å². The molecule has 2 aromatic rings. The Labute approximate surface area is 98.8 Å². The van der Waals surface area contributed by atoms with E-state index in [1.165, 1.54) is 13.2 Å². The Morgan fingerprint density at radius 1 is 1.41 bits per heavy atom. The Balaban J connectivity index is 2.74. The van der Waals surface area contributed by atoms with Crippen LogP contribution in [0.15, 0.2) is 18.3 Å². The van der Waals surface area contributed by atoms with E-state index >= 15 is 0 Å². The van der Waals surface area contributed by atoms with Crippen molar-refractivity contribution in [3.05, 3.63) is 29.7 Å². The van der Waals surface area contributed by atoms with Crippen LogP contribution in [0.25, 0.3) is 11.1 Å². The number of aryl methyl sites for hydroxylation is 2. The summed E-state index contributed by atoms with van der Waals surface area (Å²) in [6, 6.07) is 3.07. The minimum Gasteiger partial charge on any atom is -0.493 e. The first-order valence-electron chi connectivity index (χ1n) is 5.17. The lowest BCUT2D eigenvalue weighted by Crippen LogP contribution is -2.00. The summed E-state index contributed by atoms with van der Waals surface area (Å²) in [5, 5.41) is 4.05. The smallest absolute Gasteiger partial charge is 0.165 e. The van der Waals surface area contributed by atoms with Crippen LogP contribution >= 0.6 is 0 Å². The van der Waals surface area contributed by atoms with Gasteiger partial charge in [0.25, 0.3) is 0 Å². The number of methoxy groups -OCH3 is 1. The monoisotopic (exact) mass is 235 g/mol. The van der Waals surface area contributed by atoms with E-state index in [1.807, 2.05) is 6.92 Å². The van der Waals surface area contributed by atoms with Crippen LogP contribution in [0.1, 0.15) is 5.56 Å². The van der Waals surface area contributed by atoms with Crippen LogP contribution in [0.3, 0.4) is 0 Å². The summed E-state index contributed by atoms with van der Waals surface area (Å²) in [6.45, 7) is 1.88. The van der Waals surface area contributed by atoms with Crippen LogP contribution in [0.2, 0.25) is 0 Å². The van der Waals surface area contributed by atoms with Gasteiger partial charge in [0.05, 0.1) is 13.3 Å². The number of aromatic nitrogens is 2. The summed E-state index contributed by atoms with van der Waals surface area (Å²) in [5.41, 5.74) is 8.12. The lowest BCUT2D eigenvalue weighted by atomic mass is 10.0. The number of hydrogen-bond donors (Lipinski definition) is 1. The molecule has 0 saturated carbocycles. The van der Waals surface area contributed by atoms with Crippen LogP contribution in [0.5, 0.6) is 5.75 Å². The molecule has 2 rings (SSSR count). The number of halogens is 1. The van der Waals surface area contributed by atoms with E-state index in [2.05, 4.69) is 5.10 Å². The van der Waals surface area contributed by atoms with Crippen molar-refractivity contribution in [2.45, 2.75) is 6.92 Å². The zero-order chi connectivity index (χ0) is 12.6. The Kier molecular flexibility index (Phi) is 2.75. The van der Waals surface area contributed by atoms with Gasteiger partial charge in [-0.25, -0.2) is 4.39 Å². The molecule has 1 heterocycles. The molecule has 0 saturated heterocycles. The maximum absolute atomic E-state index is 13.7. The van der Waals surface area contributed by atoms with E-state index in [0.29, 0.717) is 16.9 Å². The van der Waals surface area contributed by atoms with Gasteiger partial charge in [0.15, 0.2) is 11.6 Å². The van der Waals surface area contributed by atoms with E-state index < -0.39 is 5.82 Å². The molecule has 90 valence electrons. The Bertz CT molecular complexity index is 563. The molecule has 0 aliphatic heterocycles. The second-order valence-electron chi connectivity index (χ2n) is 3.84. The normalized spacial score (nSPS) is 10.6. The summed E-state index contributed by atoms with van der Waals surface area (Å²) < 4.78 is 20.3. The Morgan fingerprint density at radius 2 is 2.12 bits per heavy atom. The van der Waals surface area contributed by atoms with Crippen molar-refractivity contribution in [3.63, 3.8) is 0 Å². The van der Waals surface area contributed by atoms with Gasteiger partial charge >= 0.3 is 0 Å². The van der Waals surface area contributed by atoms with Gasteiger partial charge in [-0.1, -0.05) is 6.07 Å². The molecule has 0 unspecified atom stereocenters. The standard InChI is InChI=1S/C12H14FN3O/c1-7-4-5-9(13)11(17-3)10(7)8-6-15-16(2)12(8)14/h4-6H,14H2,1-3H3. The Hall–Kier alpha value is -2.04. The third kappa shape index (κ3) is 1.73. The molecule has 17 heavy (non-hydrogen) atoms. The van der Waals surface area contributed by atoms with Crippen LogP contribution in [-0.4, -0.2) is 16.9 Å². The molecule has 1 aromatic heterocycles. The molecule has 0 atom stereocenters. The average molecular weight is 235 g/mol. The predicted octanol–water partition coefficient (Wildman–Crippen LogP) is 2.13.